The first kappa shape index (κ1) is 13.6. The van der Waals surface area contributed by atoms with Crippen molar-refractivity contribution >= 4 is 16.7 Å². The highest BCUT2D eigenvalue weighted by Crippen LogP contribution is 2.18. The number of benzene rings is 2. The molecule has 0 aliphatic rings. The number of carbonyl (C=O) groups excluding carboxylic acids is 1. The Kier molecular flexibility index (Phi) is 4.17. The van der Waals surface area contributed by atoms with E-state index in [1.165, 1.54) is 16.3 Å². The molecule has 3 nitrogen and oxygen atoms in total. The highest BCUT2D eigenvalue weighted by atomic mass is 16.2. The van der Waals surface area contributed by atoms with Crippen LogP contribution in [0, 0.1) is 0 Å². The van der Waals surface area contributed by atoms with Crippen molar-refractivity contribution < 1.29 is 4.79 Å². The largest absolute Gasteiger partial charge is 0.347 e. The molecule has 0 fully saturated rings. The number of nitrogens with zero attached hydrogens (tertiary/aromatic N) is 1. The molecule has 0 radical (unpaired) electrons. The number of rotatable bonds is 4. The van der Waals surface area contributed by atoms with Crippen molar-refractivity contribution in [2.45, 2.75) is 19.5 Å². The summed E-state index contributed by atoms with van der Waals surface area (Å²) in [5.74, 6) is 0.0974. The molecule has 2 rings (SSSR count). The summed E-state index contributed by atoms with van der Waals surface area (Å²) in [6.45, 7) is 2.59. The SMILES string of the molecule is C[C@H](NCc1cccc2ccccc12)C(=O)N(C)C. The monoisotopic (exact) mass is 256 g/mol. The van der Waals surface area contributed by atoms with Gasteiger partial charge in [-0.1, -0.05) is 42.5 Å². The average molecular weight is 256 g/mol. The molecular formula is C16H20N2O. The Morgan fingerprint density at radius 1 is 1.16 bits per heavy atom. The molecule has 0 aliphatic heterocycles. The van der Waals surface area contributed by atoms with Gasteiger partial charge in [-0.2, -0.15) is 0 Å². The van der Waals surface area contributed by atoms with E-state index in [1.807, 2.05) is 19.1 Å². The summed E-state index contributed by atoms with van der Waals surface area (Å²) in [4.78, 5) is 13.4. The summed E-state index contributed by atoms with van der Waals surface area (Å²) in [6, 6.07) is 14.4. The van der Waals surface area contributed by atoms with Gasteiger partial charge in [0.25, 0.3) is 0 Å². The highest BCUT2D eigenvalue weighted by molar-refractivity contribution is 5.85. The van der Waals surface area contributed by atoms with Crippen LogP contribution in [0.2, 0.25) is 0 Å². The van der Waals surface area contributed by atoms with Crippen molar-refractivity contribution in [2.75, 3.05) is 14.1 Å². The second-order valence-electron chi connectivity index (χ2n) is 4.97. The maximum atomic E-state index is 11.8. The molecule has 0 unspecified atom stereocenters. The van der Waals surface area contributed by atoms with E-state index in [1.54, 1.807) is 19.0 Å². The predicted molar refractivity (Wildman–Crippen MR) is 78.9 cm³/mol. The van der Waals surface area contributed by atoms with Gasteiger partial charge in [0, 0.05) is 20.6 Å². The molecule has 1 amide bonds. The van der Waals surface area contributed by atoms with Crippen LogP contribution in [0.4, 0.5) is 0 Å². The zero-order valence-corrected chi connectivity index (χ0v) is 11.7. The van der Waals surface area contributed by atoms with Crippen LogP contribution in [0.3, 0.4) is 0 Å². The Bertz CT molecular complexity index is 572. The van der Waals surface area contributed by atoms with Crippen LogP contribution in [-0.2, 0) is 11.3 Å². The van der Waals surface area contributed by atoms with Gasteiger partial charge in [-0.3, -0.25) is 4.79 Å². The lowest BCUT2D eigenvalue weighted by molar-refractivity contribution is -0.130. The van der Waals surface area contributed by atoms with Crippen LogP contribution in [0.5, 0.6) is 0 Å². The van der Waals surface area contributed by atoms with Crippen LogP contribution in [0.15, 0.2) is 42.5 Å². The third kappa shape index (κ3) is 3.12. The molecule has 2 aromatic rings. The normalized spacial score (nSPS) is 12.4. The number of fused-ring (bicyclic) bond motifs is 1. The van der Waals surface area contributed by atoms with E-state index in [4.69, 9.17) is 0 Å². The fourth-order valence-electron chi connectivity index (χ4n) is 2.18. The maximum Gasteiger partial charge on any atom is 0.238 e. The van der Waals surface area contributed by atoms with Crippen molar-refractivity contribution in [3.8, 4) is 0 Å². The fraction of sp³-hybridized carbons (Fsp3) is 0.312. The quantitative estimate of drug-likeness (QED) is 0.911. The van der Waals surface area contributed by atoms with Gasteiger partial charge in [0.15, 0.2) is 0 Å². The van der Waals surface area contributed by atoms with Gasteiger partial charge in [0.05, 0.1) is 6.04 Å². The lowest BCUT2D eigenvalue weighted by Gasteiger charge is -2.18. The first-order valence-corrected chi connectivity index (χ1v) is 6.51. The Morgan fingerprint density at radius 2 is 1.84 bits per heavy atom. The molecule has 0 saturated carbocycles. The van der Waals surface area contributed by atoms with E-state index in [-0.39, 0.29) is 11.9 Å². The van der Waals surface area contributed by atoms with Crippen molar-refractivity contribution in [3.63, 3.8) is 0 Å². The van der Waals surface area contributed by atoms with Crippen LogP contribution < -0.4 is 5.32 Å². The summed E-state index contributed by atoms with van der Waals surface area (Å²) in [5.41, 5.74) is 1.22. The molecule has 0 aliphatic carbocycles. The number of nitrogens with one attached hydrogen (secondary N) is 1. The topological polar surface area (TPSA) is 32.3 Å². The minimum atomic E-state index is -0.172. The molecule has 1 N–H and O–H groups in total. The van der Waals surface area contributed by atoms with Crippen LogP contribution in [-0.4, -0.2) is 30.9 Å². The smallest absolute Gasteiger partial charge is 0.238 e. The number of hydrogen-bond acceptors (Lipinski definition) is 2. The van der Waals surface area contributed by atoms with Crippen LogP contribution in [0.25, 0.3) is 10.8 Å². The number of amides is 1. The second-order valence-corrected chi connectivity index (χ2v) is 4.97. The molecule has 0 aromatic heterocycles. The lowest BCUT2D eigenvalue weighted by atomic mass is 10.0. The van der Waals surface area contributed by atoms with Crippen LogP contribution in [0.1, 0.15) is 12.5 Å². The minimum absolute atomic E-state index is 0.0974. The van der Waals surface area contributed by atoms with Gasteiger partial charge >= 0.3 is 0 Å². The standard InChI is InChI=1S/C16H20N2O/c1-12(16(19)18(2)3)17-11-14-9-6-8-13-7-4-5-10-15(13)14/h4-10,12,17H,11H2,1-3H3/t12-/m0/s1. The molecule has 0 bridgehead atoms. The molecule has 19 heavy (non-hydrogen) atoms. The van der Waals surface area contributed by atoms with Crippen LogP contribution >= 0.6 is 0 Å². The molecular weight excluding hydrogens is 236 g/mol. The molecule has 100 valence electrons. The summed E-state index contributed by atoms with van der Waals surface area (Å²) < 4.78 is 0. The predicted octanol–water partition coefficient (Wildman–Crippen LogP) is 2.41. The first-order chi connectivity index (χ1) is 9.09. The van der Waals surface area contributed by atoms with Crippen molar-refractivity contribution in [1.82, 2.24) is 10.2 Å². The van der Waals surface area contributed by atoms with Gasteiger partial charge in [0.2, 0.25) is 5.91 Å². The third-order valence-corrected chi connectivity index (χ3v) is 3.29. The summed E-state index contributed by atoms with van der Waals surface area (Å²) >= 11 is 0. The molecule has 2 aromatic carbocycles. The van der Waals surface area contributed by atoms with Gasteiger partial charge in [-0.05, 0) is 23.3 Å². The van der Waals surface area contributed by atoms with E-state index in [9.17, 15) is 4.79 Å². The number of hydrogen-bond donors (Lipinski definition) is 1. The van der Waals surface area contributed by atoms with E-state index in [0.717, 1.165) is 0 Å². The van der Waals surface area contributed by atoms with E-state index < -0.39 is 0 Å². The first-order valence-electron chi connectivity index (χ1n) is 6.51. The second kappa shape index (κ2) is 5.85. The Morgan fingerprint density at radius 3 is 2.58 bits per heavy atom. The highest BCUT2D eigenvalue weighted by Gasteiger charge is 2.14. The summed E-state index contributed by atoms with van der Waals surface area (Å²) in [7, 11) is 3.55. The number of likely N-dealkylation sites (N-methyl/N-ethyl adjacent to an activating group) is 1. The average Bonchev–Trinajstić information content (AvgIpc) is 2.43. The Labute approximate surface area is 114 Å². The van der Waals surface area contributed by atoms with Gasteiger partial charge in [-0.25, -0.2) is 0 Å². The molecule has 0 saturated heterocycles. The summed E-state index contributed by atoms with van der Waals surface area (Å²) in [6.07, 6.45) is 0. The third-order valence-electron chi connectivity index (χ3n) is 3.29. The number of carbonyl (C=O) groups is 1. The lowest BCUT2D eigenvalue weighted by Crippen LogP contribution is -2.41. The van der Waals surface area contributed by atoms with Gasteiger partial charge < -0.3 is 10.2 Å². The van der Waals surface area contributed by atoms with Crippen molar-refractivity contribution in [1.29, 1.82) is 0 Å². The van der Waals surface area contributed by atoms with Gasteiger partial charge in [0.1, 0.15) is 0 Å². The molecule has 3 heteroatoms. The van der Waals surface area contributed by atoms with E-state index in [2.05, 4.69) is 35.6 Å². The van der Waals surface area contributed by atoms with E-state index in [0.29, 0.717) is 6.54 Å². The van der Waals surface area contributed by atoms with E-state index >= 15 is 0 Å². The van der Waals surface area contributed by atoms with Gasteiger partial charge in [-0.15, -0.1) is 0 Å². The molecule has 0 heterocycles. The molecule has 0 spiro atoms. The minimum Gasteiger partial charge on any atom is -0.347 e. The molecule has 1 atom stereocenters. The zero-order valence-electron chi connectivity index (χ0n) is 11.7. The Hall–Kier alpha value is -1.87. The summed E-state index contributed by atoms with van der Waals surface area (Å²) in [5, 5.41) is 5.75. The fourth-order valence-corrected chi connectivity index (χ4v) is 2.18. The zero-order chi connectivity index (χ0) is 13.8. The Balaban J connectivity index is 2.12. The van der Waals surface area contributed by atoms with Crippen molar-refractivity contribution in [3.05, 3.63) is 48.0 Å². The van der Waals surface area contributed by atoms with Crippen molar-refractivity contribution in [2.24, 2.45) is 0 Å². The maximum absolute atomic E-state index is 11.8.